The van der Waals surface area contributed by atoms with Gasteiger partial charge in [-0.05, 0) is 0 Å². The smallest absolute Gasteiger partial charge is 0.0344 e. The topological polar surface area (TPSA) is 27.3 Å². The molecule has 0 saturated heterocycles. The normalized spacial score (nSPS) is 18.5. The summed E-state index contributed by atoms with van der Waals surface area (Å²) in [5, 5.41) is 1.82. The molecule has 0 aromatic heterocycles. The van der Waals surface area contributed by atoms with Gasteiger partial charge in [0, 0.05) is 19.4 Å². The first kappa shape index (κ1) is 3.49. The molecule has 1 aliphatic rings. The van der Waals surface area contributed by atoms with Crippen LogP contribution in [0.15, 0.2) is 12.4 Å². The fourth-order valence-electron chi connectivity index (χ4n) is 0.325. The second kappa shape index (κ2) is 1.18. The SMILES string of the molecule is CN1C=CNN1. The predicted octanol–water partition coefficient (Wildman–Crippen LogP) is -0.588. The lowest BCUT2D eigenvalue weighted by molar-refractivity contribution is 0.329. The van der Waals surface area contributed by atoms with Crippen LogP contribution in [0.3, 0.4) is 0 Å². The van der Waals surface area contributed by atoms with Crippen molar-refractivity contribution in [1.29, 1.82) is 0 Å². The second-order valence-corrected chi connectivity index (χ2v) is 1.18. The third-order valence-corrected chi connectivity index (χ3v) is 0.622. The summed E-state index contributed by atoms with van der Waals surface area (Å²) in [6, 6.07) is 0. The molecule has 2 N–H and O–H groups in total. The zero-order chi connectivity index (χ0) is 4.41. The summed E-state index contributed by atoms with van der Waals surface area (Å²) in [5.74, 6) is 0. The van der Waals surface area contributed by atoms with E-state index in [1.807, 2.05) is 24.5 Å². The van der Waals surface area contributed by atoms with E-state index in [2.05, 4.69) is 11.0 Å². The van der Waals surface area contributed by atoms with Crippen molar-refractivity contribution in [2.24, 2.45) is 0 Å². The van der Waals surface area contributed by atoms with Gasteiger partial charge in [-0.1, -0.05) is 0 Å². The number of nitrogens with one attached hydrogen (secondary N) is 2. The van der Waals surface area contributed by atoms with E-state index in [0.29, 0.717) is 0 Å². The van der Waals surface area contributed by atoms with E-state index in [9.17, 15) is 0 Å². The molecule has 0 aliphatic carbocycles. The molecule has 6 heavy (non-hydrogen) atoms. The van der Waals surface area contributed by atoms with E-state index in [4.69, 9.17) is 0 Å². The maximum Gasteiger partial charge on any atom is 0.0344 e. The van der Waals surface area contributed by atoms with Crippen LogP contribution in [0.1, 0.15) is 0 Å². The fourth-order valence-corrected chi connectivity index (χ4v) is 0.325. The maximum atomic E-state index is 2.79. The summed E-state index contributed by atoms with van der Waals surface area (Å²) < 4.78 is 0. The van der Waals surface area contributed by atoms with Crippen molar-refractivity contribution in [1.82, 2.24) is 16.0 Å². The first-order chi connectivity index (χ1) is 2.89. The van der Waals surface area contributed by atoms with Crippen LogP contribution < -0.4 is 11.0 Å². The molecule has 0 spiro atoms. The number of hydrogen-bond acceptors (Lipinski definition) is 3. The van der Waals surface area contributed by atoms with Crippen LogP contribution in [0, 0.1) is 0 Å². The van der Waals surface area contributed by atoms with Crippen molar-refractivity contribution < 1.29 is 0 Å². The van der Waals surface area contributed by atoms with Crippen molar-refractivity contribution in [3.05, 3.63) is 12.4 Å². The van der Waals surface area contributed by atoms with Crippen molar-refractivity contribution in [2.75, 3.05) is 7.05 Å². The number of hydrazine groups is 2. The molecule has 0 aromatic rings. The maximum absolute atomic E-state index is 2.79. The van der Waals surface area contributed by atoms with Gasteiger partial charge in [-0.15, -0.1) is 5.53 Å². The van der Waals surface area contributed by atoms with Gasteiger partial charge in [-0.25, -0.2) is 0 Å². The lowest BCUT2D eigenvalue weighted by Gasteiger charge is -2.04. The Hall–Kier alpha value is -0.700. The molecular weight excluding hydrogens is 78.1 g/mol. The Bertz CT molecular complexity index is 68.4. The number of nitrogens with zero attached hydrogens (tertiary/aromatic N) is 1. The van der Waals surface area contributed by atoms with Crippen LogP contribution in [0.4, 0.5) is 0 Å². The highest BCUT2D eigenvalue weighted by molar-refractivity contribution is 4.79. The second-order valence-electron chi connectivity index (χ2n) is 1.18. The van der Waals surface area contributed by atoms with E-state index in [-0.39, 0.29) is 0 Å². The largest absolute Gasteiger partial charge is 0.310 e. The van der Waals surface area contributed by atoms with Crippen LogP contribution in [0.5, 0.6) is 0 Å². The highest BCUT2D eigenvalue weighted by Gasteiger charge is 1.88. The van der Waals surface area contributed by atoms with E-state index in [1.54, 1.807) is 0 Å². The minimum Gasteiger partial charge on any atom is -0.310 e. The zero-order valence-corrected chi connectivity index (χ0v) is 3.60. The predicted molar refractivity (Wildman–Crippen MR) is 23.2 cm³/mol. The highest BCUT2D eigenvalue weighted by Crippen LogP contribution is 1.77. The summed E-state index contributed by atoms with van der Waals surface area (Å²) in [5.41, 5.74) is 5.56. The Balaban J connectivity index is 2.38. The molecule has 0 radical (unpaired) electrons. The quantitative estimate of drug-likeness (QED) is 0.412. The molecule has 0 fully saturated rings. The van der Waals surface area contributed by atoms with Gasteiger partial charge < -0.3 is 5.43 Å². The van der Waals surface area contributed by atoms with E-state index < -0.39 is 0 Å². The molecule has 0 bridgehead atoms. The summed E-state index contributed by atoms with van der Waals surface area (Å²) in [6.07, 6.45) is 3.71. The molecule has 0 unspecified atom stereocenters. The van der Waals surface area contributed by atoms with E-state index in [0.717, 1.165) is 0 Å². The first-order valence-corrected chi connectivity index (χ1v) is 1.80. The average Bonchev–Trinajstić information content (AvgIpc) is 1.86. The molecule has 1 aliphatic heterocycles. The summed E-state index contributed by atoms with van der Waals surface area (Å²) in [6.45, 7) is 0. The Morgan fingerprint density at radius 2 is 2.50 bits per heavy atom. The molecule has 3 nitrogen and oxygen atoms in total. The van der Waals surface area contributed by atoms with Gasteiger partial charge in [-0.2, -0.15) is 0 Å². The first-order valence-electron chi connectivity index (χ1n) is 1.80. The van der Waals surface area contributed by atoms with Gasteiger partial charge in [-0.3, -0.25) is 5.01 Å². The molecule has 34 valence electrons. The number of hydrogen-bond donors (Lipinski definition) is 2. The minimum atomic E-state index is 1.82. The summed E-state index contributed by atoms with van der Waals surface area (Å²) >= 11 is 0. The lowest BCUT2D eigenvalue weighted by atomic mass is 10.9. The Labute approximate surface area is 36.6 Å². The van der Waals surface area contributed by atoms with E-state index >= 15 is 0 Å². The molecule has 0 aromatic carbocycles. The molecule has 3 heteroatoms. The molecule has 1 heterocycles. The van der Waals surface area contributed by atoms with Crippen molar-refractivity contribution in [2.45, 2.75) is 0 Å². The Morgan fingerprint density at radius 1 is 1.67 bits per heavy atom. The van der Waals surface area contributed by atoms with Gasteiger partial charge in [0.2, 0.25) is 0 Å². The van der Waals surface area contributed by atoms with Gasteiger partial charge >= 0.3 is 0 Å². The minimum absolute atomic E-state index is 1.82. The standard InChI is InChI=1S/C3H7N3/c1-6-3-2-4-5-6/h2-5H,1H3. The molecule has 0 saturated carbocycles. The van der Waals surface area contributed by atoms with Crippen LogP contribution in [-0.4, -0.2) is 12.1 Å². The van der Waals surface area contributed by atoms with Gasteiger partial charge in [0.25, 0.3) is 0 Å². The molecular formula is C3H7N3. The van der Waals surface area contributed by atoms with Crippen LogP contribution >= 0.6 is 0 Å². The number of rotatable bonds is 0. The Morgan fingerprint density at radius 3 is 2.67 bits per heavy atom. The fraction of sp³-hybridized carbons (Fsp3) is 0.333. The van der Waals surface area contributed by atoms with Crippen molar-refractivity contribution in [3.63, 3.8) is 0 Å². The van der Waals surface area contributed by atoms with E-state index in [1.165, 1.54) is 0 Å². The third-order valence-electron chi connectivity index (χ3n) is 0.622. The van der Waals surface area contributed by atoms with Crippen LogP contribution in [0.2, 0.25) is 0 Å². The van der Waals surface area contributed by atoms with Gasteiger partial charge in [0.15, 0.2) is 0 Å². The van der Waals surface area contributed by atoms with Gasteiger partial charge in [0.1, 0.15) is 0 Å². The molecule has 1 rings (SSSR count). The van der Waals surface area contributed by atoms with Crippen LogP contribution in [-0.2, 0) is 0 Å². The summed E-state index contributed by atoms with van der Waals surface area (Å²) in [7, 11) is 1.91. The van der Waals surface area contributed by atoms with Crippen molar-refractivity contribution in [3.8, 4) is 0 Å². The molecule has 0 amide bonds. The Kier molecular flexibility index (Phi) is 0.686. The van der Waals surface area contributed by atoms with Crippen molar-refractivity contribution >= 4 is 0 Å². The average molecular weight is 85.1 g/mol. The monoisotopic (exact) mass is 85.1 g/mol. The lowest BCUT2D eigenvalue weighted by Crippen LogP contribution is -2.31. The van der Waals surface area contributed by atoms with Gasteiger partial charge in [0.05, 0.1) is 0 Å². The molecule has 0 atom stereocenters. The summed E-state index contributed by atoms with van der Waals surface area (Å²) in [4.78, 5) is 0. The highest BCUT2D eigenvalue weighted by atomic mass is 15.7. The zero-order valence-electron chi connectivity index (χ0n) is 3.60. The third kappa shape index (κ3) is 0.440. The van der Waals surface area contributed by atoms with Crippen LogP contribution in [0.25, 0.3) is 0 Å².